The van der Waals surface area contributed by atoms with E-state index in [2.05, 4.69) is 21.3 Å². The molecule has 2 heterocycles. The Balaban J connectivity index is 1.44. The van der Waals surface area contributed by atoms with Crippen molar-refractivity contribution in [2.75, 3.05) is 34.3 Å². The number of fused-ring (bicyclic) bond motifs is 1. The predicted octanol–water partition coefficient (Wildman–Crippen LogP) is 2.05. The highest BCUT2D eigenvalue weighted by atomic mass is 16.5. The smallest absolute Gasteiger partial charge is 0.246 e. The van der Waals surface area contributed by atoms with Gasteiger partial charge in [-0.05, 0) is 94.8 Å². The fourth-order valence-corrected chi connectivity index (χ4v) is 6.18. The molecule has 2 saturated heterocycles. The van der Waals surface area contributed by atoms with Gasteiger partial charge in [0.2, 0.25) is 17.7 Å². The molecule has 0 aromatic heterocycles. The molecule has 4 N–H and O–H groups in total. The Kier molecular flexibility index (Phi) is 11.2. The molecule has 0 saturated carbocycles. The Morgan fingerprint density at radius 1 is 0.951 bits per heavy atom. The summed E-state index contributed by atoms with van der Waals surface area (Å²) in [6.45, 7) is 1.24. The zero-order chi connectivity index (χ0) is 29.2. The second kappa shape index (κ2) is 15.0. The van der Waals surface area contributed by atoms with Gasteiger partial charge in [-0.1, -0.05) is 42.5 Å². The van der Waals surface area contributed by atoms with Crippen LogP contribution in [0.5, 0.6) is 5.75 Å². The number of carbonyl (C=O) groups is 3. The van der Waals surface area contributed by atoms with E-state index in [1.54, 1.807) is 19.1 Å². The Morgan fingerprint density at radius 2 is 1.68 bits per heavy atom. The van der Waals surface area contributed by atoms with E-state index >= 15 is 0 Å². The highest BCUT2D eigenvalue weighted by molar-refractivity contribution is 5.94. The number of amides is 3. The van der Waals surface area contributed by atoms with Crippen LogP contribution in [0.1, 0.15) is 43.2 Å². The lowest BCUT2D eigenvalue weighted by Crippen LogP contribution is -2.58. The van der Waals surface area contributed by atoms with E-state index in [-0.39, 0.29) is 29.7 Å². The molecule has 0 spiro atoms. The minimum absolute atomic E-state index is 0.00230. The topological polar surface area (TPSA) is 112 Å². The Hall–Kier alpha value is -3.43. The number of benzene rings is 2. The van der Waals surface area contributed by atoms with Gasteiger partial charge >= 0.3 is 0 Å². The van der Waals surface area contributed by atoms with E-state index in [4.69, 9.17) is 4.74 Å². The first-order valence-electron chi connectivity index (χ1n) is 14.8. The lowest BCUT2D eigenvalue weighted by Gasteiger charge is -2.33. The molecule has 2 aromatic carbocycles. The van der Waals surface area contributed by atoms with Crippen LogP contribution < -0.4 is 26.0 Å². The molecule has 4 rings (SSSR count). The Morgan fingerprint density at radius 3 is 2.37 bits per heavy atom. The third-order valence-corrected chi connectivity index (χ3v) is 8.55. The van der Waals surface area contributed by atoms with Crippen LogP contribution in [0.3, 0.4) is 0 Å². The molecule has 2 fully saturated rings. The number of likely N-dealkylation sites (N-methyl/N-ethyl adjacent to an activating group) is 1. The van der Waals surface area contributed by atoms with Crippen LogP contribution in [0.15, 0.2) is 54.6 Å². The van der Waals surface area contributed by atoms with Gasteiger partial charge in [0.25, 0.3) is 0 Å². The molecule has 2 aliphatic rings. The SMILES string of the molecule is CNCC[C@H]1CC[C@H]2CC[C@@H](C(=O)NCCc3ccc(OC)cc3)N2C(=O)[C@H]1NC(=O)[C@@H](Cc1ccccc1)NC. The molecule has 0 aliphatic carbocycles. The minimum Gasteiger partial charge on any atom is -0.497 e. The van der Waals surface area contributed by atoms with E-state index in [0.717, 1.165) is 49.1 Å². The number of carbonyl (C=O) groups excluding carboxylic acids is 3. The molecule has 222 valence electrons. The van der Waals surface area contributed by atoms with Crippen LogP contribution in [0.25, 0.3) is 0 Å². The number of hydrogen-bond acceptors (Lipinski definition) is 6. The summed E-state index contributed by atoms with van der Waals surface area (Å²) in [5, 5.41) is 12.5. The van der Waals surface area contributed by atoms with Gasteiger partial charge in [-0.15, -0.1) is 0 Å². The fourth-order valence-electron chi connectivity index (χ4n) is 6.18. The average Bonchev–Trinajstić information content (AvgIpc) is 3.38. The molecule has 2 aromatic rings. The van der Waals surface area contributed by atoms with Crippen LogP contribution in [0, 0.1) is 5.92 Å². The maximum absolute atomic E-state index is 14.2. The van der Waals surface area contributed by atoms with Crippen LogP contribution in [-0.2, 0) is 27.2 Å². The van der Waals surface area contributed by atoms with Crippen molar-refractivity contribution in [3.05, 3.63) is 65.7 Å². The highest BCUT2D eigenvalue weighted by Gasteiger charge is 2.47. The van der Waals surface area contributed by atoms with E-state index in [1.165, 1.54) is 0 Å². The summed E-state index contributed by atoms with van der Waals surface area (Å²) in [5.41, 5.74) is 2.15. The van der Waals surface area contributed by atoms with Crippen molar-refractivity contribution in [1.29, 1.82) is 0 Å². The van der Waals surface area contributed by atoms with E-state index in [1.807, 2.05) is 61.6 Å². The van der Waals surface area contributed by atoms with Gasteiger partial charge < -0.3 is 30.9 Å². The van der Waals surface area contributed by atoms with Crippen LogP contribution >= 0.6 is 0 Å². The summed E-state index contributed by atoms with van der Waals surface area (Å²) in [6, 6.07) is 16.0. The molecular weight excluding hydrogens is 518 g/mol. The molecule has 9 nitrogen and oxygen atoms in total. The Bertz CT molecular complexity index is 1140. The molecule has 5 atom stereocenters. The lowest BCUT2D eigenvalue weighted by molar-refractivity contribution is -0.143. The lowest BCUT2D eigenvalue weighted by atomic mass is 9.90. The third kappa shape index (κ3) is 7.86. The van der Waals surface area contributed by atoms with Gasteiger partial charge in [-0.2, -0.15) is 0 Å². The average molecular weight is 564 g/mol. The van der Waals surface area contributed by atoms with Gasteiger partial charge in [0.15, 0.2) is 0 Å². The van der Waals surface area contributed by atoms with Crippen molar-refractivity contribution in [2.24, 2.45) is 5.92 Å². The number of nitrogens with zero attached hydrogens (tertiary/aromatic N) is 1. The summed E-state index contributed by atoms with van der Waals surface area (Å²) in [5.74, 6) is 0.347. The normalized spacial score (nSPS) is 22.9. The summed E-state index contributed by atoms with van der Waals surface area (Å²) < 4.78 is 5.22. The monoisotopic (exact) mass is 563 g/mol. The first-order chi connectivity index (χ1) is 19.9. The molecular formula is C32H45N5O4. The summed E-state index contributed by atoms with van der Waals surface area (Å²) in [6.07, 6.45) is 5.09. The quantitative estimate of drug-likeness (QED) is 0.297. The molecule has 0 bridgehead atoms. The second-order valence-corrected chi connectivity index (χ2v) is 11.1. The third-order valence-electron chi connectivity index (χ3n) is 8.55. The van der Waals surface area contributed by atoms with Crippen molar-refractivity contribution in [2.45, 2.75) is 69.1 Å². The molecule has 9 heteroatoms. The van der Waals surface area contributed by atoms with Crippen LogP contribution in [0.2, 0.25) is 0 Å². The molecule has 3 amide bonds. The van der Waals surface area contributed by atoms with Crippen molar-refractivity contribution >= 4 is 17.7 Å². The van der Waals surface area contributed by atoms with Gasteiger partial charge in [-0.25, -0.2) is 0 Å². The predicted molar refractivity (Wildman–Crippen MR) is 160 cm³/mol. The van der Waals surface area contributed by atoms with E-state index in [9.17, 15) is 14.4 Å². The van der Waals surface area contributed by atoms with Gasteiger partial charge in [0.1, 0.15) is 17.8 Å². The van der Waals surface area contributed by atoms with Crippen molar-refractivity contribution in [1.82, 2.24) is 26.2 Å². The van der Waals surface area contributed by atoms with E-state index < -0.39 is 18.1 Å². The standard InChI is InChI=1S/C32H45N5O4/c1-33-19-18-24-11-12-25-13-16-28(31(39)35-20-17-22-9-14-26(41-3)15-10-22)37(25)32(40)29(24)36-30(38)27(34-2)21-23-7-5-4-6-8-23/h4-10,14-15,24-25,27-29,33-34H,11-13,16-21H2,1-3H3,(H,35,39)(H,36,38)/t24-,25+,27-,28+,29+/m1/s1. The number of nitrogens with one attached hydrogen (secondary N) is 4. The van der Waals surface area contributed by atoms with E-state index in [0.29, 0.717) is 25.8 Å². The zero-order valence-corrected chi connectivity index (χ0v) is 24.5. The van der Waals surface area contributed by atoms with Gasteiger partial charge in [0.05, 0.1) is 13.2 Å². The number of hydrogen-bond donors (Lipinski definition) is 4. The van der Waals surface area contributed by atoms with Crippen molar-refractivity contribution in [3.8, 4) is 5.75 Å². The van der Waals surface area contributed by atoms with Crippen molar-refractivity contribution < 1.29 is 19.1 Å². The van der Waals surface area contributed by atoms with Gasteiger partial charge in [0, 0.05) is 12.6 Å². The van der Waals surface area contributed by atoms with Crippen LogP contribution in [-0.4, -0.2) is 81.1 Å². The molecule has 0 unspecified atom stereocenters. The zero-order valence-electron chi connectivity index (χ0n) is 24.5. The summed E-state index contributed by atoms with van der Waals surface area (Å²) in [7, 11) is 5.30. The fraction of sp³-hybridized carbons (Fsp3) is 0.531. The first kappa shape index (κ1) is 30.5. The minimum atomic E-state index is -0.667. The van der Waals surface area contributed by atoms with Crippen molar-refractivity contribution in [3.63, 3.8) is 0 Å². The maximum atomic E-state index is 14.2. The maximum Gasteiger partial charge on any atom is 0.246 e. The number of methoxy groups -OCH3 is 1. The highest BCUT2D eigenvalue weighted by Crippen LogP contribution is 2.35. The molecule has 0 radical (unpaired) electrons. The number of rotatable bonds is 13. The summed E-state index contributed by atoms with van der Waals surface area (Å²) >= 11 is 0. The number of ether oxygens (including phenoxy) is 1. The molecule has 41 heavy (non-hydrogen) atoms. The van der Waals surface area contributed by atoms with Gasteiger partial charge in [-0.3, -0.25) is 14.4 Å². The second-order valence-electron chi connectivity index (χ2n) is 11.1. The largest absolute Gasteiger partial charge is 0.497 e. The summed E-state index contributed by atoms with van der Waals surface area (Å²) in [4.78, 5) is 42.8. The van der Waals surface area contributed by atoms with Crippen LogP contribution in [0.4, 0.5) is 0 Å². The first-order valence-corrected chi connectivity index (χ1v) is 14.8. The molecule has 2 aliphatic heterocycles. The Labute approximate surface area is 243 Å².